The zero-order chi connectivity index (χ0) is 50.4. The zero-order valence-electron chi connectivity index (χ0n) is 42.9. The molecule has 2 aliphatic carbocycles. The van der Waals surface area contributed by atoms with Gasteiger partial charge in [-0.05, 0) is 150 Å². The summed E-state index contributed by atoms with van der Waals surface area (Å²) in [6, 6.07) is 26.0. The number of piperidine rings is 2. The number of alkyl halides is 1. The standard InChI is InChI=1S/C28H35ClN6O.C21H30N6O.C7H6Cl2.ClH/c1-2-22-19-33(28-31-26-25(4-3-13-30-26)27(36)35(28)24-9-10-24)16-17-34(22)23-11-14-32(15-12-23)18-20-5-7-21(29)8-6-20;1-2-15-14-25(12-13-26(15)16-7-10-22-11-8-16)21-24-19-18(4-3-9-23-19)20(28)27(21)17-5-6-17;8-5-6-1-3-7(9)4-2-6;/h3-8,13,22-24H,2,9-12,14-19H2,1H3;3-4,9,15-17,22H,2,5-8,10-14H2,1H3;1-4H,5H2;1H/t22-;15-;;/m00../s1. The molecule has 8 heterocycles. The third-order valence-electron chi connectivity index (χ3n) is 15.9. The molecule has 6 fully saturated rings. The normalized spacial score (nSPS) is 21.4. The van der Waals surface area contributed by atoms with Crippen LogP contribution < -0.4 is 26.2 Å². The highest BCUT2D eigenvalue weighted by Gasteiger charge is 2.38. The number of aromatic nitrogens is 6. The maximum absolute atomic E-state index is 13.3. The summed E-state index contributed by atoms with van der Waals surface area (Å²) in [4.78, 5) is 57.9. The smallest absolute Gasteiger partial charge is 0.264 e. The van der Waals surface area contributed by atoms with Gasteiger partial charge in [-0.2, -0.15) is 9.97 Å². The number of likely N-dealkylation sites (tertiary alicyclic amines) is 1. The van der Waals surface area contributed by atoms with Crippen LogP contribution in [-0.2, 0) is 12.4 Å². The topological polar surface area (TPSA) is 124 Å². The molecule has 4 aliphatic heterocycles. The van der Waals surface area contributed by atoms with Crippen molar-refractivity contribution in [2.24, 2.45) is 0 Å². The second-order valence-corrected chi connectivity index (χ2v) is 21.9. The maximum atomic E-state index is 13.3. The fraction of sp³-hybridized carbons (Fsp3) is 0.536. The molecular weight excluding hydrogens is 1010 g/mol. The third kappa shape index (κ3) is 12.7. The molecule has 74 heavy (non-hydrogen) atoms. The van der Waals surface area contributed by atoms with Gasteiger partial charge in [0.2, 0.25) is 11.9 Å². The summed E-state index contributed by atoms with van der Waals surface area (Å²) in [7, 11) is 0. The van der Waals surface area contributed by atoms with Gasteiger partial charge < -0.3 is 15.1 Å². The monoisotopic (exact) mass is 1080 g/mol. The van der Waals surface area contributed by atoms with Gasteiger partial charge in [0.1, 0.15) is 0 Å². The van der Waals surface area contributed by atoms with Gasteiger partial charge >= 0.3 is 0 Å². The minimum atomic E-state index is 0. The lowest BCUT2D eigenvalue weighted by Crippen LogP contribution is -2.59. The number of anilines is 2. The van der Waals surface area contributed by atoms with Crippen molar-refractivity contribution in [3.8, 4) is 0 Å². The summed E-state index contributed by atoms with van der Waals surface area (Å²) in [6.45, 7) is 15.8. The van der Waals surface area contributed by atoms with Crippen LogP contribution >= 0.6 is 47.2 Å². The van der Waals surface area contributed by atoms with Crippen LogP contribution in [0.2, 0.25) is 10.0 Å². The molecule has 4 aromatic heterocycles. The second-order valence-electron chi connectivity index (χ2n) is 20.8. The zero-order valence-corrected chi connectivity index (χ0v) is 46.0. The number of rotatable bonds is 11. The third-order valence-corrected chi connectivity index (χ3v) is 16.7. The van der Waals surface area contributed by atoms with Crippen molar-refractivity contribution < 1.29 is 0 Å². The number of piperazine rings is 2. The maximum Gasteiger partial charge on any atom is 0.264 e. The van der Waals surface area contributed by atoms with Gasteiger partial charge in [0.05, 0.1) is 10.8 Å². The van der Waals surface area contributed by atoms with E-state index in [-0.39, 0.29) is 29.6 Å². The average Bonchev–Trinajstić information content (AvgIpc) is 4.40. The number of hydrogen-bond acceptors (Lipinski definition) is 12. The van der Waals surface area contributed by atoms with Gasteiger partial charge in [0.25, 0.3) is 11.1 Å². The molecule has 12 rings (SSSR count). The highest BCUT2D eigenvalue weighted by atomic mass is 35.5. The molecule has 6 aliphatic rings. The number of fused-ring (bicyclic) bond motifs is 2. The van der Waals surface area contributed by atoms with Crippen molar-refractivity contribution in [3.05, 3.63) is 127 Å². The Hall–Kier alpha value is -4.38. The first kappa shape index (κ1) is 54.4. The van der Waals surface area contributed by atoms with Gasteiger partial charge in [-0.15, -0.1) is 24.0 Å². The van der Waals surface area contributed by atoms with E-state index in [9.17, 15) is 9.59 Å². The van der Waals surface area contributed by atoms with Crippen molar-refractivity contribution in [2.75, 3.05) is 75.2 Å². The lowest BCUT2D eigenvalue weighted by Gasteiger charge is -2.47. The minimum absolute atomic E-state index is 0. The van der Waals surface area contributed by atoms with Crippen LogP contribution in [0, 0.1) is 0 Å². The Morgan fingerprint density at radius 1 is 0.554 bits per heavy atom. The van der Waals surface area contributed by atoms with Crippen molar-refractivity contribution in [1.29, 1.82) is 0 Å². The summed E-state index contributed by atoms with van der Waals surface area (Å²) in [5.74, 6) is 2.21. The van der Waals surface area contributed by atoms with Gasteiger partial charge in [-0.25, -0.2) is 9.97 Å². The fourth-order valence-electron chi connectivity index (χ4n) is 11.6. The molecule has 0 spiro atoms. The Morgan fingerprint density at radius 3 is 1.43 bits per heavy atom. The van der Waals surface area contributed by atoms with Crippen molar-refractivity contribution in [1.82, 2.24) is 49.1 Å². The quantitative estimate of drug-likeness (QED) is 0.124. The van der Waals surface area contributed by atoms with Gasteiger partial charge in [-0.1, -0.05) is 61.3 Å². The number of nitrogens with one attached hydrogen (secondary N) is 1. The molecule has 2 aromatic carbocycles. The first-order valence-corrected chi connectivity index (χ1v) is 28.2. The number of hydrogen-bond donors (Lipinski definition) is 1. The summed E-state index contributed by atoms with van der Waals surface area (Å²) in [5.41, 5.74) is 3.71. The van der Waals surface area contributed by atoms with Crippen LogP contribution in [0.3, 0.4) is 0 Å². The SMILES string of the molecule is CC[C@H]1CN(c2nc3ncccc3c(=O)n2C2CC2)CCN1C1CCN(Cc2ccc(Cl)cc2)CC1.CC[C@H]1CN(c2nc3ncccc3c(=O)n2C2CC2)CCN1C1CCNCC1.Cl.ClCc1ccc(Cl)cc1. The van der Waals surface area contributed by atoms with Crippen LogP contribution in [0.1, 0.15) is 101 Å². The molecule has 1 N–H and O–H groups in total. The summed E-state index contributed by atoms with van der Waals surface area (Å²) >= 11 is 17.2. The predicted octanol–water partition coefficient (Wildman–Crippen LogP) is 9.62. The van der Waals surface area contributed by atoms with E-state index in [1.807, 2.05) is 69.8 Å². The Morgan fingerprint density at radius 2 is 1.00 bits per heavy atom. The molecule has 2 saturated carbocycles. The van der Waals surface area contributed by atoms with Crippen LogP contribution in [0.4, 0.5) is 11.9 Å². The van der Waals surface area contributed by atoms with Crippen molar-refractivity contribution in [2.45, 2.75) is 127 Å². The van der Waals surface area contributed by atoms with Gasteiger partial charge in [-0.3, -0.25) is 33.4 Å². The van der Waals surface area contributed by atoms with E-state index in [0.29, 0.717) is 58.2 Å². The Kier molecular flexibility index (Phi) is 18.5. The van der Waals surface area contributed by atoms with E-state index in [0.717, 1.165) is 138 Å². The lowest BCUT2D eigenvalue weighted by atomic mass is 9.98. The van der Waals surface area contributed by atoms with E-state index in [2.05, 4.69) is 65.8 Å². The average molecular weight is 1090 g/mol. The van der Waals surface area contributed by atoms with Crippen LogP contribution in [0.25, 0.3) is 22.1 Å². The number of benzene rings is 2. The molecular formula is C56H72Cl4N12O2. The van der Waals surface area contributed by atoms with E-state index in [4.69, 9.17) is 44.8 Å². The van der Waals surface area contributed by atoms with Crippen LogP contribution in [0.5, 0.6) is 0 Å². The van der Waals surface area contributed by atoms with Crippen LogP contribution in [0.15, 0.2) is 94.8 Å². The molecule has 0 unspecified atom stereocenters. The molecule has 0 bridgehead atoms. The summed E-state index contributed by atoms with van der Waals surface area (Å²) < 4.78 is 3.92. The summed E-state index contributed by atoms with van der Waals surface area (Å²) in [6.07, 6.45) is 14.8. The van der Waals surface area contributed by atoms with Crippen molar-refractivity contribution >= 4 is 81.2 Å². The van der Waals surface area contributed by atoms with Crippen LogP contribution in [-0.4, -0.2) is 133 Å². The van der Waals surface area contributed by atoms with E-state index < -0.39 is 0 Å². The molecule has 2 atom stereocenters. The second kappa shape index (κ2) is 25.2. The first-order valence-electron chi connectivity index (χ1n) is 26.9. The van der Waals surface area contributed by atoms with Crippen molar-refractivity contribution in [3.63, 3.8) is 0 Å². The minimum Gasteiger partial charge on any atom is -0.339 e. The summed E-state index contributed by atoms with van der Waals surface area (Å²) in [5, 5.41) is 6.30. The highest BCUT2D eigenvalue weighted by Crippen LogP contribution is 2.39. The molecule has 0 radical (unpaired) electrons. The highest BCUT2D eigenvalue weighted by molar-refractivity contribution is 6.30. The van der Waals surface area contributed by atoms with E-state index in [1.165, 1.54) is 31.2 Å². The molecule has 6 aromatic rings. The number of nitrogens with zero attached hydrogens (tertiary/aromatic N) is 11. The predicted molar refractivity (Wildman–Crippen MR) is 304 cm³/mol. The Labute approximate surface area is 456 Å². The van der Waals surface area contributed by atoms with E-state index in [1.54, 1.807) is 12.4 Å². The molecule has 4 saturated heterocycles. The Bertz CT molecular complexity index is 2900. The number of halogens is 4. The number of pyridine rings is 2. The molecule has 14 nitrogen and oxygen atoms in total. The van der Waals surface area contributed by atoms with E-state index >= 15 is 0 Å². The largest absolute Gasteiger partial charge is 0.339 e. The van der Waals surface area contributed by atoms with Gasteiger partial charge in [0.15, 0.2) is 11.3 Å². The molecule has 396 valence electrons. The first-order chi connectivity index (χ1) is 35.7. The molecule has 0 amide bonds. The van der Waals surface area contributed by atoms with Gasteiger partial charge in [0, 0.05) is 110 Å². The molecule has 18 heteroatoms. The Balaban J connectivity index is 0.000000157. The lowest BCUT2D eigenvalue weighted by molar-refractivity contribution is 0.0607. The fourth-order valence-corrected chi connectivity index (χ4v) is 12.0.